The van der Waals surface area contributed by atoms with Gasteiger partial charge in [0.15, 0.2) is 0 Å². The first-order valence-electron chi connectivity index (χ1n) is 11.5. The molecule has 1 aliphatic heterocycles. The molecule has 0 aliphatic carbocycles. The van der Waals surface area contributed by atoms with E-state index >= 15 is 0 Å². The molecule has 2 heterocycles. The van der Waals surface area contributed by atoms with Gasteiger partial charge in [0.25, 0.3) is 0 Å². The lowest BCUT2D eigenvalue weighted by Crippen LogP contribution is -2.43. The van der Waals surface area contributed by atoms with E-state index in [1.165, 1.54) is 5.56 Å². The van der Waals surface area contributed by atoms with Gasteiger partial charge >= 0.3 is 0 Å². The number of amides is 1. The maximum absolute atomic E-state index is 12.7. The Morgan fingerprint density at radius 3 is 2.85 bits per heavy atom. The molecule has 1 amide bonds. The smallest absolute Gasteiger partial charge is 0.241 e. The lowest BCUT2D eigenvalue weighted by molar-refractivity contribution is -0.126. The average molecular weight is 519 g/mol. The Hall–Kier alpha value is -2.06. The highest BCUT2D eigenvalue weighted by Gasteiger charge is 2.26. The Morgan fingerprint density at radius 2 is 2.03 bits per heavy atom. The highest BCUT2D eigenvalue weighted by atomic mass is 35.5. The van der Waals surface area contributed by atoms with Crippen LogP contribution in [0, 0.1) is 5.92 Å². The summed E-state index contributed by atoms with van der Waals surface area (Å²) in [6.07, 6.45) is 2.83. The molecular weight excluding hydrogens is 491 g/mol. The van der Waals surface area contributed by atoms with Gasteiger partial charge in [-0.3, -0.25) is 9.69 Å². The number of hydrogen-bond donors (Lipinski definition) is 1. The maximum Gasteiger partial charge on any atom is 0.241 e. The Labute approximate surface area is 214 Å². The number of piperidine rings is 1. The van der Waals surface area contributed by atoms with E-state index in [0.717, 1.165) is 47.9 Å². The molecular formula is C25H28Cl2N4O2S. The monoisotopic (exact) mass is 518 g/mol. The van der Waals surface area contributed by atoms with Gasteiger partial charge in [0.2, 0.25) is 17.6 Å². The first-order chi connectivity index (χ1) is 16.6. The minimum Gasteiger partial charge on any atom is -0.356 e. The second-order valence-corrected chi connectivity index (χ2v) is 10.4. The van der Waals surface area contributed by atoms with Gasteiger partial charge in [-0.2, -0.15) is 16.7 Å². The summed E-state index contributed by atoms with van der Waals surface area (Å²) in [5.74, 6) is 3.16. The number of aromatic nitrogens is 2. The van der Waals surface area contributed by atoms with Gasteiger partial charge in [0.1, 0.15) is 0 Å². The van der Waals surface area contributed by atoms with Crippen LogP contribution in [-0.4, -0.2) is 46.3 Å². The van der Waals surface area contributed by atoms with Crippen LogP contribution in [0.5, 0.6) is 0 Å². The van der Waals surface area contributed by atoms with Gasteiger partial charge in [0, 0.05) is 34.5 Å². The molecule has 1 fully saturated rings. The van der Waals surface area contributed by atoms with E-state index in [1.54, 1.807) is 12.1 Å². The van der Waals surface area contributed by atoms with E-state index in [-0.39, 0.29) is 11.8 Å². The highest BCUT2D eigenvalue weighted by Crippen LogP contribution is 2.22. The summed E-state index contributed by atoms with van der Waals surface area (Å²) in [5, 5.41) is 8.63. The molecule has 0 saturated carbocycles. The highest BCUT2D eigenvalue weighted by molar-refractivity contribution is 7.98. The number of benzene rings is 2. The number of likely N-dealkylation sites (tertiary alicyclic amines) is 1. The molecule has 9 heteroatoms. The summed E-state index contributed by atoms with van der Waals surface area (Å²) < 4.78 is 5.44. The van der Waals surface area contributed by atoms with Crippen molar-refractivity contribution in [1.29, 1.82) is 0 Å². The van der Waals surface area contributed by atoms with Crippen molar-refractivity contribution in [3.05, 3.63) is 70.0 Å². The molecule has 1 unspecified atom stereocenters. The molecule has 1 aliphatic rings. The Balaban J connectivity index is 1.16. The van der Waals surface area contributed by atoms with Crippen LogP contribution in [0.15, 0.2) is 53.1 Å². The number of thioether (sulfide) groups is 1. The van der Waals surface area contributed by atoms with Gasteiger partial charge in [-0.1, -0.05) is 40.5 Å². The van der Waals surface area contributed by atoms with Crippen molar-refractivity contribution in [2.75, 3.05) is 25.4 Å². The van der Waals surface area contributed by atoms with Gasteiger partial charge < -0.3 is 9.84 Å². The molecule has 0 radical (unpaired) electrons. The molecule has 6 nitrogen and oxygen atoms in total. The summed E-state index contributed by atoms with van der Waals surface area (Å²) in [7, 11) is 0. The van der Waals surface area contributed by atoms with E-state index in [9.17, 15) is 4.79 Å². The lowest BCUT2D eigenvalue weighted by atomic mass is 9.97. The van der Waals surface area contributed by atoms with Crippen molar-refractivity contribution in [3.63, 3.8) is 0 Å². The average Bonchev–Trinajstić information content (AvgIpc) is 3.30. The second-order valence-electron chi connectivity index (χ2n) is 8.42. The van der Waals surface area contributed by atoms with Crippen LogP contribution in [-0.2, 0) is 17.1 Å². The third-order valence-electron chi connectivity index (χ3n) is 5.73. The predicted octanol–water partition coefficient (Wildman–Crippen LogP) is 5.70. The molecule has 180 valence electrons. The largest absolute Gasteiger partial charge is 0.356 e. The Bertz CT molecular complexity index is 1080. The number of carbonyl (C=O) groups excluding carboxylic acids is 1. The fourth-order valence-electron chi connectivity index (χ4n) is 3.99. The van der Waals surface area contributed by atoms with Gasteiger partial charge in [-0.25, -0.2) is 0 Å². The molecule has 2 aromatic carbocycles. The van der Waals surface area contributed by atoms with Gasteiger partial charge in [0.05, 0.1) is 12.5 Å². The van der Waals surface area contributed by atoms with Crippen LogP contribution in [0.2, 0.25) is 10.0 Å². The Kier molecular flexibility index (Phi) is 9.27. The fraction of sp³-hybridized carbons (Fsp3) is 0.400. The third-order valence-corrected chi connectivity index (χ3v) is 7.33. The van der Waals surface area contributed by atoms with E-state index in [4.69, 9.17) is 27.7 Å². The quantitative estimate of drug-likeness (QED) is 0.347. The molecule has 1 N–H and O–H groups in total. The van der Waals surface area contributed by atoms with Crippen LogP contribution in [0.25, 0.3) is 11.4 Å². The Morgan fingerprint density at radius 1 is 1.18 bits per heavy atom. The molecule has 1 aromatic heterocycles. The van der Waals surface area contributed by atoms with Crippen LogP contribution in [0.3, 0.4) is 0 Å². The molecule has 1 atom stereocenters. The van der Waals surface area contributed by atoms with E-state index in [0.29, 0.717) is 36.4 Å². The van der Waals surface area contributed by atoms with Crippen LogP contribution in [0.4, 0.5) is 0 Å². The summed E-state index contributed by atoms with van der Waals surface area (Å²) >= 11 is 13.8. The summed E-state index contributed by atoms with van der Waals surface area (Å²) in [6.45, 7) is 2.87. The van der Waals surface area contributed by atoms with Crippen LogP contribution < -0.4 is 5.32 Å². The number of nitrogens with one attached hydrogen (secondary N) is 1. The summed E-state index contributed by atoms with van der Waals surface area (Å²) in [4.78, 5) is 19.4. The first-order valence-corrected chi connectivity index (χ1v) is 13.4. The number of nitrogens with zero attached hydrogens (tertiary/aromatic N) is 3. The summed E-state index contributed by atoms with van der Waals surface area (Å²) in [5.41, 5.74) is 2.09. The zero-order chi connectivity index (χ0) is 23.8. The molecule has 3 aromatic rings. The molecule has 0 bridgehead atoms. The van der Waals surface area contributed by atoms with Crippen molar-refractivity contribution in [2.24, 2.45) is 5.92 Å². The minimum atomic E-state index is -0.00785. The second kappa shape index (κ2) is 12.6. The topological polar surface area (TPSA) is 71.3 Å². The number of halogens is 2. The molecule has 0 spiro atoms. The number of hydrogen-bond acceptors (Lipinski definition) is 6. The van der Waals surface area contributed by atoms with Crippen molar-refractivity contribution in [1.82, 2.24) is 20.4 Å². The normalized spacial score (nSPS) is 16.5. The van der Waals surface area contributed by atoms with Gasteiger partial charge in [-0.15, -0.1) is 0 Å². The maximum atomic E-state index is 12.7. The summed E-state index contributed by atoms with van der Waals surface area (Å²) in [6, 6.07) is 15.3. The van der Waals surface area contributed by atoms with Crippen molar-refractivity contribution in [2.45, 2.75) is 31.6 Å². The number of rotatable bonds is 10. The van der Waals surface area contributed by atoms with E-state index < -0.39 is 0 Å². The zero-order valence-corrected chi connectivity index (χ0v) is 21.2. The third kappa shape index (κ3) is 7.47. The SMILES string of the molecule is O=C(NCCCSCc1cccc(Cl)c1)C1CCCN(Cc2nc(-c3ccc(Cl)cc3)no2)C1. The molecule has 1 saturated heterocycles. The fourth-order valence-corrected chi connectivity index (χ4v) is 5.23. The lowest BCUT2D eigenvalue weighted by Gasteiger charge is -2.30. The van der Waals surface area contributed by atoms with E-state index in [1.807, 2.05) is 42.1 Å². The van der Waals surface area contributed by atoms with Crippen molar-refractivity contribution < 1.29 is 9.32 Å². The number of carbonyl (C=O) groups is 1. The van der Waals surface area contributed by atoms with Crippen LogP contribution >= 0.6 is 35.0 Å². The van der Waals surface area contributed by atoms with Crippen molar-refractivity contribution >= 4 is 40.9 Å². The molecule has 4 rings (SSSR count). The van der Waals surface area contributed by atoms with Gasteiger partial charge in [-0.05, 0) is 73.5 Å². The standard InChI is InChI=1S/C25H28Cl2N4O2S/c26-21-9-7-19(8-10-21)24-29-23(33-30-24)16-31-12-2-5-20(15-31)25(32)28-11-3-13-34-17-18-4-1-6-22(27)14-18/h1,4,6-10,14,20H,2-3,5,11-13,15-17H2,(H,28,32). The zero-order valence-electron chi connectivity index (χ0n) is 18.9. The minimum absolute atomic E-state index is 0.00785. The predicted molar refractivity (Wildman–Crippen MR) is 138 cm³/mol. The first kappa shape index (κ1) is 25.0. The van der Waals surface area contributed by atoms with E-state index in [2.05, 4.69) is 26.4 Å². The van der Waals surface area contributed by atoms with Crippen LogP contribution in [0.1, 0.15) is 30.7 Å². The van der Waals surface area contributed by atoms with Crippen molar-refractivity contribution in [3.8, 4) is 11.4 Å². The molecule has 34 heavy (non-hydrogen) atoms.